The lowest BCUT2D eigenvalue weighted by Crippen LogP contribution is -2.39. The Balaban J connectivity index is 1.70. The van der Waals surface area contributed by atoms with Gasteiger partial charge in [0.25, 0.3) is 5.91 Å². The van der Waals surface area contributed by atoms with Crippen molar-refractivity contribution in [3.05, 3.63) is 35.1 Å². The average Bonchev–Trinajstić information content (AvgIpc) is 3.08. The van der Waals surface area contributed by atoms with Crippen LogP contribution in [0.4, 0.5) is 0 Å². The van der Waals surface area contributed by atoms with Gasteiger partial charge in [-0.05, 0) is 57.2 Å². The van der Waals surface area contributed by atoms with Crippen molar-refractivity contribution >= 4 is 11.7 Å². The summed E-state index contributed by atoms with van der Waals surface area (Å²) in [4.78, 5) is 28.8. The van der Waals surface area contributed by atoms with Crippen molar-refractivity contribution in [1.29, 1.82) is 0 Å². The molecule has 7 heteroatoms. The van der Waals surface area contributed by atoms with Crippen molar-refractivity contribution in [3.63, 3.8) is 0 Å². The monoisotopic (exact) mass is 443 g/mol. The minimum Gasteiger partial charge on any atom is -0.493 e. The highest BCUT2D eigenvalue weighted by Crippen LogP contribution is 2.47. The molecule has 3 atom stereocenters. The average molecular weight is 444 g/mol. The molecule has 1 aromatic rings. The number of rotatable bonds is 8. The molecule has 32 heavy (non-hydrogen) atoms. The molecule has 2 aliphatic heterocycles. The van der Waals surface area contributed by atoms with Crippen LogP contribution in [0.5, 0.6) is 11.5 Å². The number of Topliss-reactive ketones (excluding diaryl/α,β-unsaturated/α-hetero) is 1. The van der Waals surface area contributed by atoms with Crippen LogP contribution >= 0.6 is 0 Å². The summed E-state index contributed by atoms with van der Waals surface area (Å²) in [5.41, 5.74) is 1.31. The predicted octanol–water partition coefficient (Wildman–Crippen LogP) is 3.81. The Labute approximate surface area is 189 Å². The standard InChI is InChI=1S/C25H33NO6/c1-15(2)31-13-7-12-26-22(16-10-11-19(29-3)20(14-16)30-4)21-23(27)17-8-5-6-9-18(17)32-24(21)25(26)28/h10-11,14-15,17-18,22H,5-9,12-13H2,1-4H3. The van der Waals surface area contributed by atoms with Crippen LogP contribution in [0, 0.1) is 5.92 Å². The Bertz CT molecular complexity index is 908. The summed E-state index contributed by atoms with van der Waals surface area (Å²) in [7, 11) is 3.16. The van der Waals surface area contributed by atoms with Crippen LogP contribution in [0.15, 0.2) is 29.5 Å². The van der Waals surface area contributed by atoms with E-state index in [4.69, 9.17) is 18.9 Å². The minimum absolute atomic E-state index is 0.0602. The third-order valence-electron chi connectivity index (χ3n) is 6.58. The molecule has 0 aromatic heterocycles. The maximum absolute atomic E-state index is 13.6. The number of ether oxygens (including phenoxy) is 4. The maximum Gasteiger partial charge on any atom is 0.290 e. The highest BCUT2D eigenvalue weighted by Gasteiger charge is 2.51. The van der Waals surface area contributed by atoms with Crippen LogP contribution in [-0.2, 0) is 19.1 Å². The van der Waals surface area contributed by atoms with Crippen LogP contribution in [0.25, 0.3) is 0 Å². The second-order valence-corrected chi connectivity index (χ2v) is 8.94. The van der Waals surface area contributed by atoms with Gasteiger partial charge in [-0.2, -0.15) is 0 Å². The molecule has 0 radical (unpaired) electrons. The van der Waals surface area contributed by atoms with Gasteiger partial charge in [-0.3, -0.25) is 9.59 Å². The van der Waals surface area contributed by atoms with Crippen molar-refractivity contribution in [3.8, 4) is 11.5 Å². The summed E-state index contributed by atoms with van der Waals surface area (Å²) in [5.74, 6) is 1.09. The first-order chi connectivity index (χ1) is 15.5. The summed E-state index contributed by atoms with van der Waals surface area (Å²) in [5, 5.41) is 0. The van der Waals surface area contributed by atoms with Gasteiger partial charge in [0, 0.05) is 13.2 Å². The minimum atomic E-state index is -0.494. The largest absolute Gasteiger partial charge is 0.493 e. The molecular weight excluding hydrogens is 410 g/mol. The second-order valence-electron chi connectivity index (χ2n) is 8.94. The quantitative estimate of drug-likeness (QED) is 0.569. The third kappa shape index (κ3) is 4.10. The molecule has 3 aliphatic rings. The molecular formula is C25H33NO6. The normalized spacial score (nSPS) is 25.0. The van der Waals surface area contributed by atoms with Crippen LogP contribution in [0.1, 0.15) is 57.6 Å². The lowest BCUT2D eigenvalue weighted by atomic mass is 9.77. The highest BCUT2D eigenvalue weighted by atomic mass is 16.5. The number of fused-ring (bicyclic) bond motifs is 1. The number of nitrogens with zero attached hydrogens (tertiary/aromatic N) is 1. The van der Waals surface area contributed by atoms with Gasteiger partial charge in [-0.25, -0.2) is 0 Å². The number of hydrogen-bond acceptors (Lipinski definition) is 6. The van der Waals surface area contributed by atoms with E-state index in [-0.39, 0.29) is 35.6 Å². The molecule has 0 spiro atoms. The Morgan fingerprint density at radius 1 is 1.09 bits per heavy atom. The Morgan fingerprint density at radius 2 is 1.84 bits per heavy atom. The van der Waals surface area contributed by atoms with E-state index in [2.05, 4.69) is 0 Å². The molecule has 0 saturated heterocycles. The predicted molar refractivity (Wildman–Crippen MR) is 119 cm³/mol. The van der Waals surface area contributed by atoms with Crippen LogP contribution < -0.4 is 9.47 Å². The number of hydrogen-bond donors (Lipinski definition) is 0. The molecule has 0 bridgehead atoms. The van der Waals surface area contributed by atoms with Crippen molar-refractivity contribution in [2.24, 2.45) is 5.92 Å². The number of amides is 1. The van der Waals surface area contributed by atoms with Gasteiger partial charge >= 0.3 is 0 Å². The van der Waals surface area contributed by atoms with Crippen molar-refractivity contribution < 1.29 is 28.5 Å². The first-order valence-corrected chi connectivity index (χ1v) is 11.6. The zero-order chi connectivity index (χ0) is 22.8. The molecule has 2 heterocycles. The molecule has 3 unspecified atom stereocenters. The molecule has 4 rings (SSSR count). The van der Waals surface area contributed by atoms with E-state index in [1.54, 1.807) is 19.1 Å². The molecule has 1 saturated carbocycles. The number of carbonyl (C=O) groups is 2. The molecule has 174 valence electrons. The van der Waals surface area contributed by atoms with Crippen LogP contribution in [0.3, 0.4) is 0 Å². The smallest absolute Gasteiger partial charge is 0.290 e. The lowest BCUT2D eigenvalue weighted by Gasteiger charge is -2.35. The van der Waals surface area contributed by atoms with Gasteiger partial charge in [0.05, 0.1) is 37.9 Å². The Morgan fingerprint density at radius 3 is 2.56 bits per heavy atom. The van der Waals surface area contributed by atoms with Gasteiger partial charge < -0.3 is 23.8 Å². The van der Waals surface area contributed by atoms with Gasteiger partial charge in [0.15, 0.2) is 23.0 Å². The van der Waals surface area contributed by atoms with Gasteiger partial charge in [-0.15, -0.1) is 0 Å². The van der Waals surface area contributed by atoms with E-state index in [1.165, 1.54) is 0 Å². The molecule has 7 nitrogen and oxygen atoms in total. The zero-order valence-electron chi connectivity index (χ0n) is 19.4. The topological polar surface area (TPSA) is 74.3 Å². The summed E-state index contributed by atoms with van der Waals surface area (Å²) in [6.45, 7) is 5.00. The van der Waals surface area contributed by atoms with Crippen LogP contribution in [-0.4, -0.2) is 56.2 Å². The van der Waals surface area contributed by atoms with E-state index < -0.39 is 6.04 Å². The fourth-order valence-corrected chi connectivity index (χ4v) is 5.05. The Hall–Kier alpha value is -2.54. The van der Waals surface area contributed by atoms with E-state index >= 15 is 0 Å². The SMILES string of the molecule is COc1ccc(C2C3=C(OC4CCCCC4C3=O)C(=O)N2CCCOC(C)C)cc1OC. The van der Waals surface area contributed by atoms with E-state index in [0.29, 0.717) is 36.6 Å². The summed E-state index contributed by atoms with van der Waals surface area (Å²) >= 11 is 0. The highest BCUT2D eigenvalue weighted by molar-refractivity contribution is 6.11. The first kappa shape index (κ1) is 22.6. The molecule has 1 aliphatic carbocycles. The van der Waals surface area contributed by atoms with Gasteiger partial charge in [-0.1, -0.05) is 12.5 Å². The number of methoxy groups -OCH3 is 2. The van der Waals surface area contributed by atoms with E-state index in [1.807, 2.05) is 32.0 Å². The summed E-state index contributed by atoms with van der Waals surface area (Å²) < 4.78 is 22.7. The molecule has 0 N–H and O–H groups in total. The zero-order valence-corrected chi connectivity index (χ0v) is 19.4. The van der Waals surface area contributed by atoms with E-state index in [9.17, 15) is 9.59 Å². The van der Waals surface area contributed by atoms with Gasteiger partial charge in [0.1, 0.15) is 6.10 Å². The fraction of sp³-hybridized carbons (Fsp3) is 0.600. The fourth-order valence-electron chi connectivity index (χ4n) is 5.05. The van der Waals surface area contributed by atoms with Crippen molar-refractivity contribution in [2.75, 3.05) is 27.4 Å². The molecule has 1 amide bonds. The Kier molecular flexibility index (Phi) is 6.74. The maximum atomic E-state index is 13.6. The van der Waals surface area contributed by atoms with Crippen LogP contribution in [0.2, 0.25) is 0 Å². The third-order valence-corrected chi connectivity index (χ3v) is 6.58. The molecule has 1 aromatic carbocycles. The summed E-state index contributed by atoms with van der Waals surface area (Å²) in [6, 6.07) is 5.07. The van der Waals surface area contributed by atoms with Gasteiger partial charge in [0.2, 0.25) is 0 Å². The number of benzene rings is 1. The second kappa shape index (κ2) is 9.53. The lowest BCUT2D eigenvalue weighted by molar-refractivity contribution is -0.135. The number of carbonyl (C=O) groups excluding carboxylic acids is 2. The number of ketones is 1. The molecule has 1 fully saturated rings. The first-order valence-electron chi connectivity index (χ1n) is 11.6. The summed E-state index contributed by atoms with van der Waals surface area (Å²) in [6.07, 6.45) is 4.30. The van der Waals surface area contributed by atoms with E-state index in [0.717, 1.165) is 31.2 Å². The van der Waals surface area contributed by atoms with Crippen molar-refractivity contribution in [1.82, 2.24) is 4.90 Å². The van der Waals surface area contributed by atoms with Crippen molar-refractivity contribution in [2.45, 2.75) is 64.2 Å².